The summed E-state index contributed by atoms with van der Waals surface area (Å²) in [4.78, 5) is 26.8. The fourth-order valence-corrected chi connectivity index (χ4v) is 3.50. The van der Waals surface area contributed by atoms with Crippen LogP contribution in [-0.4, -0.2) is 36.4 Å². The summed E-state index contributed by atoms with van der Waals surface area (Å²) >= 11 is 0. The molecule has 0 spiro atoms. The van der Waals surface area contributed by atoms with Gasteiger partial charge in [-0.05, 0) is 62.1 Å². The lowest BCUT2D eigenvalue weighted by molar-refractivity contribution is -0.137. The Balaban J connectivity index is 1.37. The Morgan fingerprint density at radius 1 is 1.00 bits per heavy atom. The Hall–Kier alpha value is -3.02. The largest absolute Gasteiger partial charge is 0.497 e. The quantitative estimate of drug-likeness (QED) is 0.827. The molecule has 0 radical (unpaired) electrons. The van der Waals surface area contributed by atoms with Crippen LogP contribution in [0.3, 0.4) is 0 Å². The van der Waals surface area contributed by atoms with Crippen molar-refractivity contribution in [3.8, 4) is 17.2 Å². The van der Waals surface area contributed by atoms with Crippen LogP contribution in [0, 0.1) is 5.92 Å². The Morgan fingerprint density at radius 2 is 1.75 bits per heavy atom. The molecule has 0 bridgehead atoms. The second kappa shape index (κ2) is 7.92. The highest BCUT2D eigenvalue weighted by atomic mass is 16.5. The van der Waals surface area contributed by atoms with Crippen LogP contribution in [0.4, 0.5) is 5.69 Å². The average molecular weight is 380 g/mol. The molecule has 2 fully saturated rings. The van der Waals surface area contributed by atoms with Gasteiger partial charge in [0.15, 0.2) is 0 Å². The van der Waals surface area contributed by atoms with E-state index < -0.39 is 0 Å². The van der Waals surface area contributed by atoms with E-state index in [9.17, 15) is 9.59 Å². The third kappa shape index (κ3) is 4.11. The maximum absolute atomic E-state index is 12.7. The van der Waals surface area contributed by atoms with Crippen molar-refractivity contribution in [2.45, 2.75) is 31.7 Å². The third-order valence-corrected chi connectivity index (χ3v) is 5.16. The number of ether oxygens (including phenoxy) is 2. The minimum Gasteiger partial charge on any atom is -0.497 e. The number of hydrogen-bond donors (Lipinski definition) is 1. The molecule has 1 N–H and O–H groups in total. The first kappa shape index (κ1) is 18.3. The van der Waals surface area contributed by atoms with Crippen LogP contribution in [0.5, 0.6) is 17.2 Å². The SMILES string of the molecule is COc1cccc(Oc2ccc(NC(=O)[C@@H]3CCCN3C(=O)C3CC3)cc2)c1. The normalized spacial score (nSPS) is 18.6. The number of carbonyl (C=O) groups is 2. The molecule has 146 valence electrons. The monoisotopic (exact) mass is 380 g/mol. The fraction of sp³-hybridized carbons (Fsp3) is 0.364. The molecule has 1 aliphatic carbocycles. The van der Waals surface area contributed by atoms with Crippen LogP contribution in [0.2, 0.25) is 0 Å². The molecule has 1 saturated carbocycles. The molecule has 2 aliphatic rings. The van der Waals surface area contributed by atoms with Crippen LogP contribution < -0.4 is 14.8 Å². The summed E-state index contributed by atoms with van der Waals surface area (Å²) in [6, 6.07) is 14.2. The topological polar surface area (TPSA) is 67.9 Å². The molecule has 0 unspecified atom stereocenters. The molecule has 1 heterocycles. The van der Waals surface area contributed by atoms with Gasteiger partial charge < -0.3 is 19.7 Å². The zero-order valence-electron chi connectivity index (χ0n) is 15.9. The van der Waals surface area contributed by atoms with Crippen molar-refractivity contribution in [3.63, 3.8) is 0 Å². The van der Waals surface area contributed by atoms with Gasteiger partial charge in [-0.1, -0.05) is 6.07 Å². The molecule has 6 nitrogen and oxygen atoms in total. The van der Waals surface area contributed by atoms with Gasteiger partial charge in [0, 0.05) is 24.2 Å². The highest BCUT2D eigenvalue weighted by Gasteiger charge is 2.40. The van der Waals surface area contributed by atoms with E-state index in [0.29, 0.717) is 23.7 Å². The van der Waals surface area contributed by atoms with Gasteiger partial charge in [0.2, 0.25) is 11.8 Å². The van der Waals surface area contributed by atoms with Crippen molar-refractivity contribution >= 4 is 17.5 Å². The summed E-state index contributed by atoms with van der Waals surface area (Å²) in [5, 5.41) is 2.93. The number of methoxy groups -OCH3 is 1. The molecule has 1 saturated heterocycles. The molecule has 2 aromatic rings. The van der Waals surface area contributed by atoms with Crippen LogP contribution in [0.1, 0.15) is 25.7 Å². The van der Waals surface area contributed by atoms with Crippen LogP contribution in [0.25, 0.3) is 0 Å². The summed E-state index contributed by atoms with van der Waals surface area (Å²) in [6.07, 6.45) is 3.52. The van der Waals surface area contributed by atoms with E-state index >= 15 is 0 Å². The van der Waals surface area contributed by atoms with Gasteiger partial charge in [-0.3, -0.25) is 9.59 Å². The average Bonchev–Trinajstić information content (AvgIpc) is 3.45. The standard InChI is InChI=1S/C22H24N2O4/c1-27-18-4-2-5-19(14-18)28-17-11-9-16(10-12-17)23-21(25)20-6-3-13-24(20)22(26)15-7-8-15/h2,4-5,9-12,14-15,20H,3,6-8,13H2,1H3,(H,23,25)/t20-/m0/s1. The first-order valence-corrected chi connectivity index (χ1v) is 9.67. The van der Waals surface area contributed by atoms with Crippen molar-refractivity contribution in [1.82, 2.24) is 4.90 Å². The van der Waals surface area contributed by atoms with Crippen LogP contribution in [0.15, 0.2) is 48.5 Å². The number of anilines is 1. The van der Waals surface area contributed by atoms with E-state index in [1.54, 1.807) is 42.3 Å². The molecular formula is C22H24N2O4. The number of likely N-dealkylation sites (tertiary alicyclic amines) is 1. The fourth-order valence-electron chi connectivity index (χ4n) is 3.50. The second-order valence-electron chi connectivity index (χ2n) is 7.26. The molecule has 1 atom stereocenters. The van der Waals surface area contributed by atoms with E-state index in [0.717, 1.165) is 31.4 Å². The van der Waals surface area contributed by atoms with E-state index in [-0.39, 0.29) is 23.8 Å². The van der Waals surface area contributed by atoms with Gasteiger partial charge in [0.05, 0.1) is 7.11 Å². The van der Waals surface area contributed by atoms with Gasteiger partial charge in [0.1, 0.15) is 23.3 Å². The number of carbonyl (C=O) groups excluding carboxylic acids is 2. The molecule has 2 amide bonds. The maximum atomic E-state index is 12.7. The summed E-state index contributed by atoms with van der Waals surface area (Å²) in [5.74, 6) is 2.23. The van der Waals surface area contributed by atoms with Gasteiger partial charge in [-0.2, -0.15) is 0 Å². The molecule has 6 heteroatoms. The van der Waals surface area contributed by atoms with Gasteiger partial charge in [0.25, 0.3) is 0 Å². The van der Waals surface area contributed by atoms with E-state index in [4.69, 9.17) is 9.47 Å². The number of benzene rings is 2. The Morgan fingerprint density at radius 3 is 2.46 bits per heavy atom. The molecular weight excluding hydrogens is 356 g/mol. The summed E-state index contributed by atoms with van der Waals surface area (Å²) in [5.41, 5.74) is 0.689. The Labute approximate surface area is 164 Å². The third-order valence-electron chi connectivity index (χ3n) is 5.16. The number of nitrogens with zero attached hydrogens (tertiary/aromatic N) is 1. The van der Waals surface area contributed by atoms with Crippen molar-refractivity contribution in [1.29, 1.82) is 0 Å². The van der Waals surface area contributed by atoms with Gasteiger partial charge in [-0.15, -0.1) is 0 Å². The highest BCUT2D eigenvalue weighted by molar-refractivity contribution is 5.98. The predicted octanol–water partition coefficient (Wildman–Crippen LogP) is 3.83. The molecule has 0 aromatic heterocycles. The van der Waals surface area contributed by atoms with E-state index in [1.165, 1.54) is 0 Å². The van der Waals surface area contributed by atoms with E-state index in [1.807, 2.05) is 18.2 Å². The lowest BCUT2D eigenvalue weighted by Gasteiger charge is -2.24. The zero-order chi connectivity index (χ0) is 19.5. The van der Waals surface area contributed by atoms with Crippen molar-refractivity contribution < 1.29 is 19.1 Å². The van der Waals surface area contributed by atoms with Crippen molar-refractivity contribution in [2.24, 2.45) is 5.92 Å². The summed E-state index contributed by atoms with van der Waals surface area (Å²) in [6.45, 7) is 0.681. The summed E-state index contributed by atoms with van der Waals surface area (Å²) < 4.78 is 11.0. The van der Waals surface area contributed by atoms with Crippen molar-refractivity contribution in [3.05, 3.63) is 48.5 Å². The minimum atomic E-state index is -0.360. The Bertz CT molecular complexity index is 861. The van der Waals surface area contributed by atoms with Crippen molar-refractivity contribution in [2.75, 3.05) is 19.0 Å². The number of amides is 2. The van der Waals surface area contributed by atoms with Crippen LogP contribution >= 0.6 is 0 Å². The molecule has 28 heavy (non-hydrogen) atoms. The van der Waals surface area contributed by atoms with E-state index in [2.05, 4.69) is 5.32 Å². The van der Waals surface area contributed by atoms with Gasteiger partial charge in [-0.25, -0.2) is 0 Å². The lowest BCUT2D eigenvalue weighted by atomic mass is 10.2. The van der Waals surface area contributed by atoms with Gasteiger partial charge >= 0.3 is 0 Å². The van der Waals surface area contributed by atoms with Crippen LogP contribution in [-0.2, 0) is 9.59 Å². The zero-order valence-corrected chi connectivity index (χ0v) is 15.9. The second-order valence-corrected chi connectivity index (χ2v) is 7.26. The first-order chi connectivity index (χ1) is 13.6. The smallest absolute Gasteiger partial charge is 0.247 e. The number of nitrogens with one attached hydrogen (secondary N) is 1. The summed E-state index contributed by atoms with van der Waals surface area (Å²) in [7, 11) is 1.61. The number of hydrogen-bond acceptors (Lipinski definition) is 4. The molecule has 4 rings (SSSR count). The highest BCUT2D eigenvalue weighted by Crippen LogP contribution is 2.34. The first-order valence-electron chi connectivity index (χ1n) is 9.67. The Kier molecular flexibility index (Phi) is 5.19. The molecule has 2 aromatic carbocycles. The number of rotatable bonds is 6. The predicted molar refractivity (Wildman–Crippen MR) is 106 cm³/mol. The maximum Gasteiger partial charge on any atom is 0.247 e. The molecule has 1 aliphatic heterocycles. The minimum absolute atomic E-state index is 0.118. The lowest BCUT2D eigenvalue weighted by Crippen LogP contribution is -2.43.